The number of hydrogen-bond donors (Lipinski definition) is 1. The van der Waals surface area contributed by atoms with Gasteiger partial charge < -0.3 is 5.73 Å². The van der Waals surface area contributed by atoms with Gasteiger partial charge >= 0.3 is 0 Å². The van der Waals surface area contributed by atoms with Crippen LogP contribution in [-0.4, -0.2) is 24.0 Å². The summed E-state index contributed by atoms with van der Waals surface area (Å²) in [5, 5.41) is 8.79. The van der Waals surface area contributed by atoms with Crippen molar-refractivity contribution in [3.63, 3.8) is 0 Å². The maximum absolute atomic E-state index is 13.6. The first-order chi connectivity index (χ1) is 8.10. The fraction of sp³-hybridized carbons (Fsp3) is 0.462. The Morgan fingerprint density at radius 1 is 1.53 bits per heavy atom. The van der Waals surface area contributed by atoms with Crippen LogP contribution in [0.15, 0.2) is 18.2 Å². The molecule has 2 rings (SSSR count). The summed E-state index contributed by atoms with van der Waals surface area (Å²) >= 11 is 0. The Morgan fingerprint density at radius 2 is 2.29 bits per heavy atom. The van der Waals surface area contributed by atoms with Crippen molar-refractivity contribution in [2.45, 2.75) is 19.5 Å². The third-order valence-corrected chi connectivity index (χ3v) is 3.31. The van der Waals surface area contributed by atoms with Gasteiger partial charge in [0.15, 0.2) is 0 Å². The summed E-state index contributed by atoms with van der Waals surface area (Å²) in [6.45, 7) is 4.31. The lowest BCUT2D eigenvalue weighted by Gasteiger charge is -2.15. The summed E-state index contributed by atoms with van der Waals surface area (Å²) in [7, 11) is 0. The van der Waals surface area contributed by atoms with E-state index in [0.29, 0.717) is 23.6 Å². The lowest BCUT2D eigenvalue weighted by atomic mass is 10.1. The topological polar surface area (TPSA) is 53.0 Å². The predicted octanol–water partition coefficient (Wildman–Crippen LogP) is 1.48. The van der Waals surface area contributed by atoms with Crippen molar-refractivity contribution in [1.29, 1.82) is 5.26 Å². The summed E-state index contributed by atoms with van der Waals surface area (Å²) in [6, 6.07) is 6.66. The molecule has 0 amide bonds. The van der Waals surface area contributed by atoms with E-state index in [-0.39, 0.29) is 11.9 Å². The van der Waals surface area contributed by atoms with Gasteiger partial charge in [-0.1, -0.05) is 6.92 Å². The minimum absolute atomic E-state index is 0.164. The number of rotatable bonds is 2. The van der Waals surface area contributed by atoms with Crippen LogP contribution in [0.3, 0.4) is 0 Å². The van der Waals surface area contributed by atoms with Crippen LogP contribution in [-0.2, 0) is 6.54 Å². The third-order valence-electron chi connectivity index (χ3n) is 3.31. The number of halogens is 1. The third kappa shape index (κ3) is 2.63. The Hall–Kier alpha value is -1.44. The van der Waals surface area contributed by atoms with Crippen LogP contribution in [0.2, 0.25) is 0 Å². The summed E-state index contributed by atoms with van der Waals surface area (Å²) < 4.78 is 13.6. The molecule has 0 saturated carbocycles. The monoisotopic (exact) mass is 233 g/mol. The molecule has 0 aromatic heterocycles. The van der Waals surface area contributed by atoms with E-state index in [1.54, 1.807) is 6.07 Å². The van der Waals surface area contributed by atoms with Gasteiger partial charge in [0.1, 0.15) is 5.82 Å². The van der Waals surface area contributed by atoms with Gasteiger partial charge in [0.25, 0.3) is 0 Å². The molecule has 2 unspecified atom stereocenters. The van der Waals surface area contributed by atoms with Gasteiger partial charge in [0, 0.05) is 31.2 Å². The largest absolute Gasteiger partial charge is 0.326 e. The van der Waals surface area contributed by atoms with Crippen LogP contribution in [0.1, 0.15) is 18.1 Å². The molecular formula is C13H16FN3. The maximum Gasteiger partial charge on any atom is 0.127 e. The first-order valence-electron chi connectivity index (χ1n) is 5.76. The number of hydrogen-bond acceptors (Lipinski definition) is 3. The SMILES string of the molecule is CC1CN(Cc2cc(C#N)ccc2F)CC1N. The number of benzene rings is 1. The zero-order chi connectivity index (χ0) is 12.4. The van der Waals surface area contributed by atoms with E-state index in [1.807, 2.05) is 6.07 Å². The van der Waals surface area contributed by atoms with Crippen molar-refractivity contribution in [3.8, 4) is 6.07 Å². The highest BCUT2D eigenvalue weighted by Gasteiger charge is 2.26. The summed E-state index contributed by atoms with van der Waals surface area (Å²) in [4.78, 5) is 2.13. The second-order valence-corrected chi connectivity index (χ2v) is 4.75. The molecular weight excluding hydrogens is 217 g/mol. The smallest absolute Gasteiger partial charge is 0.127 e. The molecule has 0 bridgehead atoms. The van der Waals surface area contributed by atoms with Crippen LogP contribution < -0.4 is 5.73 Å². The predicted molar refractivity (Wildman–Crippen MR) is 63.5 cm³/mol. The highest BCUT2D eigenvalue weighted by atomic mass is 19.1. The van der Waals surface area contributed by atoms with Crippen molar-refractivity contribution in [2.24, 2.45) is 11.7 Å². The number of nitrogens with two attached hydrogens (primary N) is 1. The molecule has 0 spiro atoms. The Kier molecular flexibility index (Phi) is 3.41. The minimum atomic E-state index is -0.253. The second-order valence-electron chi connectivity index (χ2n) is 4.75. The van der Waals surface area contributed by atoms with Gasteiger partial charge in [-0.2, -0.15) is 5.26 Å². The molecule has 1 fully saturated rings. The van der Waals surface area contributed by atoms with E-state index < -0.39 is 0 Å². The van der Waals surface area contributed by atoms with Crippen molar-refractivity contribution in [1.82, 2.24) is 4.90 Å². The van der Waals surface area contributed by atoms with E-state index in [2.05, 4.69) is 11.8 Å². The zero-order valence-electron chi connectivity index (χ0n) is 9.86. The Labute approximate surface area is 101 Å². The number of nitrogens with zero attached hydrogens (tertiary/aromatic N) is 2. The molecule has 1 aliphatic rings. The zero-order valence-corrected chi connectivity index (χ0v) is 9.86. The molecule has 0 radical (unpaired) electrons. The lowest BCUT2D eigenvalue weighted by Crippen LogP contribution is -2.28. The normalized spacial score (nSPS) is 24.8. The van der Waals surface area contributed by atoms with Gasteiger partial charge in [-0.15, -0.1) is 0 Å². The Morgan fingerprint density at radius 3 is 2.88 bits per heavy atom. The molecule has 2 N–H and O–H groups in total. The Bertz CT molecular complexity index is 442. The summed E-state index contributed by atoms with van der Waals surface area (Å²) in [5.41, 5.74) is 7.00. The van der Waals surface area contributed by atoms with Gasteiger partial charge in [-0.05, 0) is 24.1 Å². The van der Waals surface area contributed by atoms with Gasteiger partial charge in [0.2, 0.25) is 0 Å². The number of likely N-dealkylation sites (tertiary alicyclic amines) is 1. The molecule has 1 aromatic carbocycles. The van der Waals surface area contributed by atoms with E-state index >= 15 is 0 Å². The van der Waals surface area contributed by atoms with E-state index in [4.69, 9.17) is 11.0 Å². The number of nitriles is 1. The molecule has 1 heterocycles. The van der Waals surface area contributed by atoms with Crippen LogP contribution in [0.5, 0.6) is 0 Å². The first kappa shape index (κ1) is 12.0. The molecule has 2 atom stereocenters. The Balaban J connectivity index is 2.11. The van der Waals surface area contributed by atoms with E-state index in [1.165, 1.54) is 12.1 Å². The van der Waals surface area contributed by atoms with Gasteiger partial charge in [0.05, 0.1) is 11.6 Å². The molecule has 4 heteroatoms. The van der Waals surface area contributed by atoms with Crippen molar-refractivity contribution >= 4 is 0 Å². The van der Waals surface area contributed by atoms with Crippen LogP contribution >= 0.6 is 0 Å². The molecule has 17 heavy (non-hydrogen) atoms. The highest BCUT2D eigenvalue weighted by molar-refractivity contribution is 5.33. The molecule has 1 aliphatic heterocycles. The fourth-order valence-electron chi connectivity index (χ4n) is 2.23. The maximum atomic E-state index is 13.6. The average molecular weight is 233 g/mol. The minimum Gasteiger partial charge on any atom is -0.326 e. The lowest BCUT2D eigenvalue weighted by molar-refractivity contribution is 0.313. The summed E-state index contributed by atoms with van der Waals surface area (Å²) in [5.74, 6) is 0.189. The van der Waals surface area contributed by atoms with Crippen LogP contribution in [0.25, 0.3) is 0 Å². The van der Waals surface area contributed by atoms with Gasteiger partial charge in [-0.25, -0.2) is 4.39 Å². The van der Waals surface area contributed by atoms with Crippen molar-refractivity contribution in [3.05, 3.63) is 35.1 Å². The van der Waals surface area contributed by atoms with Crippen LogP contribution in [0, 0.1) is 23.1 Å². The molecule has 1 saturated heterocycles. The first-order valence-corrected chi connectivity index (χ1v) is 5.76. The van der Waals surface area contributed by atoms with Crippen molar-refractivity contribution < 1.29 is 4.39 Å². The van der Waals surface area contributed by atoms with Crippen LogP contribution in [0.4, 0.5) is 4.39 Å². The molecule has 90 valence electrons. The molecule has 1 aromatic rings. The molecule has 3 nitrogen and oxygen atoms in total. The van der Waals surface area contributed by atoms with E-state index in [9.17, 15) is 4.39 Å². The standard InChI is InChI=1S/C13H16FN3/c1-9-6-17(8-13(9)16)7-11-4-10(5-15)2-3-12(11)14/h2-4,9,13H,6-8,16H2,1H3. The summed E-state index contributed by atoms with van der Waals surface area (Å²) in [6.07, 6.45) is 0. The van der Waals surface area contributed by atoms with Gasteiger partial charge in [-0.3, -0.25) is 4.90 Å². The second kappa shape index (κ2) is 4.82. The van der Waals surface area contributed by atoms with E-state index in [0.717, 1.165) is 13.1 Å². The quantitative estimate of drug-likeness (QED) is 0.841. The molecule has 0 aliphatic carbocycles. The fourth-order valence-corrected chi connectivity index (χ4v) is 2.23. The average Bonchev–Trinajstić information content (AvgIpc) is 2.61. The highest BCUT2D eigenvalue weighted by Crippen LogP contribution is 2.19. The van der Waals surface area contributed by atoms with Crippen molar-refractivity contribution in [2.75, 3.05) is 13.1 Å².